The minimum absolute atomic E-state index is 0.119. The molecule has 3 aromatic carbocycles. The second-order valence-electron chi connectivity index (χ2n) is 6.76. The SMILES string of the molecule is CCCOc1ccccc1C(=O)Nc1cccc(C(=O)N(CC)c2ccccc2)c1. The van der Waals surface area contributed by atoms with Gasteiger partial charge in [0.05, 0.1) is 12.2 Å². The van der Waals surface area contributed by atoms with Gasteiger partial charge in [-0.25, -0.2) is 0 Å². The number of nitrogens with one attached hydrogen (secondary N) is 1. The summed E-state index contributed by atoms with van der Waals surface area (Å²) >= 11 is 0. The molecule has 0 aliphatic rings. The van der Waals surface area contributed by atoms with Crippen molar-refractivity contribution in [3.05, 3.63) is 90.0 Å². The third-order valence-corrected chi connectivity index (χ3v) is 4.59. The van der Waals surface area contributed by atoms with E-state index in [9.17, 15) is 9.59 Å². The maximum atomic E-state index is 13.0. The van der Waals surface area contributed by atoms with Crippen molar-refractivity contribution in [2.75, 3.05) is 23.4 Å². The van der Waals surface area contributed by atoms with E-state index in [4.69, 9.17) is 4.74 Å². The Morgan fingerprint density at radius 2 is 1.63 bits per heavy atom. The lowest BCUT2D eigenvalue weighted by Crippen LogP contribution is -2.30. The number of anilines is 2. The van der Waals surface area contributed by atoms with Gasteiger partial charge in [0.1, 0.15) is 5.75 Å². The summed E-state index contributed by atoms with van der Waals surface area (Å²) in [4.78, 5) is 27.6. The molecule has 0 saturated heterocycles. The van der Waals surface area contributed by atoms with Gasteiger partial charge in [-0.05, 0) is 55.8 Å². The van der Waals surface area contributed by atoms with Crippen LogP contribution >= 0.6 is 0 Å². The molecule has 0 aliphatic carbocycles. The highest BCUT2D eigenvalue weighted by molar-refractivity contribution is 6.09. The molecule has 3 rings (SSSR count). The Kier molecular flexibility index (Phi) is 7.22. The van der Waals surface area contributed by atoms with Crippen LogP contribution in [0.1, 0.15) is 41.0 Å². The van der Waals surface area contributed by atoms with Gasteiger partial charge in [-0.15, -0.1) is 0 Å². The van der Waals surface area contributed by atoms with Crippen LogP contribution in [-0.4, -0.2) is 25.0 Å². The van der Waals surface area contributed by atoms with E-state index in [0.29, 0.717) is 35.7 Å². The van der Waals surface area contributed by atoms with Crippen LogP contribution in [0.5, 0.6) is 5.75 Å². The molecule has 3 aromatic rings. The zero-order valence-electron chi connectivity index (χ0n) is 17.3. The van der Waals surface area contributed by atoms with Gasteiger partial charge >= 0.3 is 0 Å². The maximum absolute atomic E-state index is 13.0. The minimum Gasteiger partial charge on any atom is -0.493 e. The van der Waals surface area contributed by atoms with Crippen LogP contribution < -0.4 is 15.0 Å². The predicted molar refractivity (Wildman–Crippen MR) is 120 cm³/mol. The summed E-state index contributed by atoms with van der Waals surface area (Å²) in [6, 6.07) is 23.7. The summed E-state index contributed by atoms with van der Waals surface area (Å²) in [5.74, 6) is 0.151. The zero-order valence-corrected chi connectivity index (χ0v) is 17.3. The number of para-hydroxylation sites is 2. The quantitative estimate of drug-likeness (QED) is 0.549. The van der Waals surface area contributed by atoms with E-state index in [1.54, 1.807) is 47.4 Å². The third-order valence-electron chi connectivity index (χ3n) is 4.59. The number of benzene rings is 3. The monoisotopic (exact) mass is 402 g/mol. The summed E-state index contributed by atoms with van der Waals surface area (Å²) in [6.07, 6.45) is 0.857. The van der Waals surface area contributed by atoms with Crippen molar-refractivity contribution in [2.24, 2.45) is 0 Å². The van der Waals surface area contributed by atoms with Gasteiger partial charge in [-0.1, -0.05) is 43.3 Å². The van der Waals surface area contributed by atoms with Crippen LogP contribution in [0.2, 0.25) is 0 Å². The summed E-state index contributed by atoms with van der Waals surface area (Å²) in [5.41, 5.74) is 2.36. The highest BCUT2D eigenvalue weighted by Gasteiger charge is 2.17. The molecule has 0 bridgehead atoms. The van der Waals surface area contributed by atoms with Gasteiger partial charge < -0.3 is 15.0 Å². The first kappa shape index (κ1) is 21.1. The Bertz CT molecular complexity index is 1000. The van der Waals surface area contributed by atoms with E-state index in [2.05, 4.69) is 5.32 Å². The molecule has 154 valence electrons. The number of rotatable bonds is 8. The van der Waals surface area contributed by atoms with Crippen LogP contribution in [-0.2, 0) is 0 Å². The molecule has 0 aliphatic heterocycles. The predicted octanol–water partition coefficient (Wildman–Crippen LogP) is 5.39. The first-order valence-corrected chi connectivity index (χ1v) is 10.1. The lowest BCUT2D eigenvalue weighted by molar-refractivity contribution is 0.0985. The molecule has 0 saturated carbocycles. The molecule has 0 radical (unpaired) electrons. The van der Waals surface area contributed by atoms with E-state index in [-0.39, 0.29) is 11.8 Å². The Balaban J connectivity index is 1.79. The minimum atomic E-state index is -0.276. The molecule has 0 atom stereocenters. The number of amides is 2. The van der Waals surface area contributed by atoms with Crippen molar-refractivity contribution < 1.29 is 14.3 Å². The van der Waals surface area contributed by atoms with Crippen molar-refractivity contribution in [1.29, 1.82) is 0 Å². The fourth-order valence-electron chi connectivity index (χ4n) is 3.13. The molecule has 0 aromatic heterocycles. The average Bonchev–Trinajstić information content (AvgIpc) is 2.79. The fourth-order valence-corrected chi connectivity index (χ4v) is 3.13. The summed E-state index contributed by atoms with van der Waals surface area (Å²) in [6.45, 7) is 5.03. The average molecular weight is 402 g/mol. The standard InChI is InChI=1S/C25H26N2O3/c1-3-17-30-23-16-9-8-15-22(23)24(28)26-20-12-10-11-19(18-20)25(29)27(4-2)21-13-6-5-7-14-21/h5-16,18H,3-4,17H2,1-2H3,(H,26,28). The molecule has 5 nitrogen and oxygen atoms in total. The van der Waals surface area contributed by atoms with E-state index in [0.717, 1.165) is 12.1 Å². The number of nitrogens with zero attached hydrogens (tertiary/aromatic N) is 1. The largest absolute Gasteiger partial charge is 0.493 e. The van der Waals surface area contributed by atoms with Crippen molar-refractivity contribution in [3.8, 4) is 5.75 Å². The molecule has 0 fully saturated rings. The highest BCUT2D eigenvalue weighted by atomic mass is 16.5. The first-order chi connectivity index (χ1) is 14.6. The van der Waals surface area contributed by atoms with E-state index < -0.39 is 0 Å². The van der Waals surface area contributed by atoms with Crippen LogP contribution in [0.3, 0.4) is 0 Å². The molecule has 30 heavy (non-hydrogen) atoms. The van der Waals surface area contributed by atoms with E-state index in [1.807, 2.05) is 50.2 Å². The fraction of sp³-hybridized carbons (Fsp3) is 0.200. The Morgan fingerprint density at radius 3 is 2.37 bits per heavy atom. The number of hydrogen-bond acceptors (Lipinski definition) is 3. The van der Waals surface area contributed by atoms with Crippen LogP contribution in [0.15, 0.2) is 78.9 Å². The van der Waals surface area contributed by atoms with E-state index >= 15 is 0 Å². The van der Waals surface area contributed by atoms with Crippen LogP contribution in [0.4, 0.5) is 11.4 Å². The maximum Gasteiger partial charge on any atom is 0.259 e. The van der Waals surface area contributed by atoms with Gasteiger partial charge in [0, 0.05) is 23.5 Å². The molecule has 1 N–H and O–H groups in total. The van der Waals surface area contributed by atoms with Gasteiger partial charge in [0.15, 0.2) is 0 Å². The molecule has 0 unspecified atom stereocenters. The first-order valence-electron chi connectivity index (χ1n) is 10.1. The highest BCUT2D eigenvalue weighted by Crippen LogP contribution is 2.22. The molecule has 0 spiro atoms. The lowest BCUT2D eigenvalue weighted by Gasteiger charge is -2.21. The Morgan fingerprint density at radius 1 is 0.900 bits per heavy atom. The summed E-state index contributed by atoms with van der Waals surface area (Å²) < 4.78 is 5.68. The van der Waals surface area contributed by atoms with Gasteiger partial charge in [0.2, 0.25) is 0 Å². The summed E-state index contributed by atoms with van der Waals surface area (Å²) in [7, 11) is 0. The lowest BCUT2D eigenvalue weighted by atomic mass is 10.1. The Hall–Kier alpha value is -3.60. The number of hydrogen-bond donors (Lipinski definition) is 1. The van der Waals surface area contributed by atoms with Crippen LogP contribution in [0.25, 0.3) is 0 Å². The molecular weight excluding hydrogens is 376 g/mol. The second kappa shape index (κ2) is 10.3. The molecule has 0 heterocycles. The molecule has 2 amide bonds. The number of carbonyl (C=O) groups excluding carboxylic acids is 2. The smallest absolute Gasteiger partial charge is 0.259 e. The van der Waals surface area contributed by atoms with Gasteiger partial charge in [-0.3, -0.25) is 9.59 Å². The van der Waals surface area contributed by atoms with Crippen molar-refractivity contribution >= 4 is 23.2 Å². The number of ether oxygens (including phenoxy) is 1. The van der Waals surface area contributed by atoms with Crippen molar-refractivity contribution in [3.63, 3.8) is 0 Å². The number of carbonyl (C=O) groups is 2. The Labute approximate surface area is 177 Å². The third kappa shape index (κ3) is 5.06. The van der Waals surface area contributed by atoms with Crippen molar-refractivity contribution in [1.82, 2.24) is 0 Å². The summed E-state index contributed by atoms with van der Waals surface area (Å²) in [5, 5.41) is 2.88. The zero-order chi connectivity index (χ0) is 21.3. The molecule has 5 heteroatoms. The van der Waals surface area contributed by atoms with Crippen LogP contribution in [0, 0.1) is 0 Å². The van der Waals surface area contributed by atoms with Gasteiger partial charge in [-0.2, -0.15) is 0 Å². The van der Waals surface area contributed by atoms with Gasteiger partial charge in [0.25, 0.3) is 11.8 Å². The topological polar surface area (TPSA) is 58.6 Å². The van der Waals surface area contributed by atoms with E-state index in [1.165, 1.54) is 0 Å². The normalized spacial score (nSPS) is 10.3. The second-order valence-corrected chi connectivity index (χ2v) is 6.76. The molecular formula is C25H26N2O3. The van der Waals surface area contributed by atoms with Crippen molar-refractivity contribution in [2.45, 2.75) is 20.3 Å².